The molecule has 86 valence electrons. The summed E-state index contributed by atoms with van der Waals surface area (Å²) >= 11 is 5.65. The lowest BCUT2D eigenvalue weighted by Gasteiger charge is -2.09. The molecule has 1 N–H and O–H groups in total. The van der Waals surface area contributed by atoms with Crippen LogP contribution in [0.1, 0.15) is 5.56 Å². The number of carbonyl (C=O) groups is 1. The number of hydrogen-bond donors (Lipinski definition) is 1. The Morgan fingerprint density at radius 2 is 2.19 bits per heavy atom. The zero-order valence-corrected chi connectivity index (χ0v) is 8.62. The van der Waals surface area contributed by atoms with Crippen LogP contribution in [0, 0.1) is 0 Å². The molecule has 1 aromatic carbocycles. The summed E-state index contributed by atoms with van der Waals surface area (Å²) in [7, 11) is 0. The maximum atomic E-state index is 12.1. The van der Waals surface area contributed by atoms with Gasteiger partial charge in [-0.15, -0.1) is 0 Å². The number of alkyl halides is 2. The van der Waals surface area contributed by atoms with E-state index in [2.05, 4.69) is 4.74 Å². The molecule has 0 amide bonds. The summed E-state index contributed by atoms with van der Waals surface area (Å²) in [6, 6.07) is 4.29. The van der Waals surface area contributed by atoms with Gasteiger partial charge in [0, 0.05) is 11.6 Å². The van der Waals surface area contributed by atoms with Gasteiger partial charge >= 0.3 is 12.6 Å². The first-order valence-electron chi connectivity index (χ1n) is 4.15. The molecule has 0 aliphatic heterocycles. The van der Waals surface area contributed by atoms with Crippen molar-refractivity contribution in [2.24, 2.45) is 0 Å². The lowest BCUT2D eigenvalue weighted by Crippen LogP contribution is -2.03. The molecule has 0 saturated carbocycles. The molecule has 3 nitrogen and oxygen atoms in total. The zero-order valence-electron chi connectivity index (χ0n) is 7.86. The van der Waals surface area contributed by atoms with Crippen molar-refractivity contribution in [2.75, 3.05) is 0 Å². The number of halogens is 3. The second-order valence-corrected chi connectivity index (χ2v) is 3.12. The van der Waals surface area contributed by atoms with Gasteiger partial charge in [0.1, 0.15) is 0 Å². The Kier molecular flexibility index (Phi) is 4.25. The largest absolute Gasteiger partial charge is 0.478 e. The molecule has 0 heterocycles. The van der Waals surface area contributed by atoms with Gasteiger partial charge in [-0.05, 0) is 12.1 Å². The van der Waals surface area contributed by atoms with Crippen molar-refractivity contribution < 1.29 is 23.4 Å². The van der Waals surface area contributed by atoms with Crippen LogP contribution in [0.15, 0.2) is 24.3 Å². The molecule has 0 aliphatic rings. The van der Waals surface area contributed by atoms with Gasteiger partial charge in [0.05, 0.1) is 5.02 Å². The van der Waals surface area contributed by atoms with Crippen molar-refractivity contribution >= 4 is 23.6 Å². The quantitative estimate of drug-likeness (QED) is 0.833. The van der Waals surface area contributed by atoms with Crippen molar-refractivity contribution in [3.05, 3.63) is 34.9 Å². The highest BCUT2D eigenvalue weighted by Crippen LogP contribution is 2.30. The second kappa shape index (κ2) is 5.46. The van der Waals surface area contributed by atoms with Crippen LogP contribution in [-0.4, -0.2) is 17.7 Å². The molecular weight excluding hydrogens is 242 g/mol. The first kappa shape index (κ1) is 12.4. The molecule has 0 spiro atoms. The van der Waals surface area contributed by atoms with Crippen molar-refractivity contribution in [2.45, 2.75) is 6.61 Å². The fraction of sp³-hybridized carbons (Fsp3) is 0.100. The zero-order chi connectivity index (χ0) is 12.1. The van der Waals surface area contributed by atoms with Gasteiger partial charge in [0.15, 0.2) is 5.75 Å². The van der Waals surface area contributed by atoms with E-state index in [-0.39, 0.29) is 16.3 Å². The normalized spacial score (nSPS) is 11.0. The summed E-state index contributed by atoms with van der Waals surface area (Å²) < 4.78 is 28.3. The molecule has 1 aromatic rings. The third-order valence-electron chi connectivity index (χ3n) is 1.61. The molecule has 16 heavy (non-hydrogen) atoms. The Bertz CT molecular complexity index is 419. The van der Waals surface area contributed by atoms with Crippen LogP contribution in [-0.2, 0) is 4.79 Å². The van der Waals surface area contributed by atoms with Gasteiger partial charge in [0.2, 0.25) is 0 Å². The number of rotatable bonds is 4. The van der Waals surface area contributed by atoms with E-state index in [0.29, 0.717) is 0 Å². The molecule has 0 aliphatic carbocycles. The fourth-order valence-electron chi connectivity index (χ4n) is 1.03. The highest BCUT2D eigenvalue weighted by molar-refractivity contribution is 6.32. The summed E-state index contributed by atoms with van der Waals surface area (Å²) in [5.41, 5.74) is 0.176. The number of aliphatic carboxylic acids is 1. The maximum absolute atomic E-state index is 12.1. The first-order chi connectivity index (χ1) is 7.50. The van der Waals surface area contributed by atoms with E-state index < -0.39 is 12.6 Å². The number of benzene rings is 1. The topological polar surface area (TPSA) is 46.5 Å². The average Bonchev–Trinajstić information content (AvgIpc) is 2.18. The molecule has 1 rings (SSSR count). The van der Waals surface area contributed by atoms with Crippen LogP contribution in [0.25, 0.3) is 6.08 Å². The van der Waals surface area contributed by atoms with E-state index in [0.717, 1.165) is 12.2 Å². The molecule has 0 saturated heterocycles. The van der Waals surface area contributed by atoms with Crippen molar-refractivity contribution in [1.82, 2.24) is 0 Å². The van der Waals surface area contributed by atoms with E-state index in [1.165, 1.54) is 18.2 Å². The van der Waals surface area contributed by atoms with E-state index in [9.17, 15) is 13.6 Å². The Labute approximate surface area is 94.9 Å². The number of ether oxygens (including phenoxy) is 1. The van der Waals surface area contributed by atoms with Crippen LogP contribution in [0.5, 0.6) is 5.75 Å². The lowest BCUT2D eigenvalue weighted by atomic mass is 10.2. The van der Waals surface area contributed by atoms with Crippen LogP contribution in [0.3, 0.4) is 0 Å². The number of carboxylic acids is 1. The number of carboxylic acid groups (broad SMARTS) is 1. The van der Waals surface area contributed by atoms with Crippen molar-refractivity contribution in [1.29, 1.82) is 0 Å². The summed E-state index contributed by atoms with van der Waals surface area (Å²) in [6.45, 7) is -3.02. The lowest BCUT2D eigenvalue weighted by molar-refractivity contribution is -0.131. The van der Waals surface area contributed by atoms with Crippen molar-refractivity contribution in [3.63, 3.8) is 0 Å². The SMILES string of the molecule is O=C(O)C=Cc1cccc(Cl)c1OC(F)F. The Hall–Kier alpha value is -1.62. The van der Waals surface area contributed by atoms with Crippen LogP contribution < -0.4 is 4.74 Å². The van der Waals surface area contributed by atoms with Gasteiger partial charge in [-0.2, -0.15) is 8.78 Å². The molecular formula is C10H7ClF2O3. The molecule has 0 fully saturated rings. The molecule has 0 atom stereocenters. The summed E-state index contributed by atoms with van der Waals surface area (Å²) in [5, 5.41) is 8.40. The van der Waals surface area contributed by atoms with Crippen LogP contribution >= 0.6 is 11.6 Å². The smallest absolute Gasteiger partial charge is 0.387 e. The Morgan fingerprint density at radius 1 is 1.50 bits per heavy atom. The van der Waals surface area contributed by atoms with E-state index in [1.54, 1.807) is 0 Å². The van der Waals surface area contributed by atoms with Crippen molar-refractivity contribution in [3.8, 4) is 5.75 Å². The second-order valence-electron chi connectivity index (χ2n) is 2.71. The van der Waals surface area contributed by atoms with E-state index in [4.69, 9.17) is 16.7 Å². The van der Waals surface area contributed by atoms with Gasteiger partial charge < -0.3 is 9.84 Å². The Balaban J connectivity index is 3.07. The summed E-state index contributed by atoms with van der Waals surface area (Å²) in [4.78, 5) is 10.3. The third kappa shape index (κ3) is 3.51. The average molecular weight is 249 g/mol. The molecule has 0 unspecified atom stereocenters. The van der Waals surface area contributed by atoms with Gasteiger partial charge in [-0.25, -0.2) is 4.79 Å². The summed E-state index contributed by atoms with van der Waals surface area (Å²) in [6.07, 6.45) is 1.94. The van der Waals surface area contributed by atoms with Gasteiger partial charge in [-0.3, -0.25) is 0 Å². The summed E-state index contributed by atoms with van der Waals surface area (Å²) in [5.74, 6) is -1.43. The minimum atomic E-state index is -3.02. The standard InChI is InChI=1S/C10H7ClF2O3/c11-7-3-1-2-6(4-5-8(14)15)9(7)16-10(12)13/h1-5,10H,(H,14,15). The van der Waals surface area contributed by atoms with Gasteiger partial charge in [0.25, 0.3) is 0 Å². The molecule has 0 aromatic heterocycles. The highest BCUT2D eigenvalue weighted by atomic mass is 35.5. The molecule has 0 bridgehead atoms. The highest BCUT2D eigenvalue weighted by Gasteiger charge is 2.11. The Morgan fingerprint density at radius 3 is 2.75 bits per heavy atom. The van der Waals surface area contributed by atoms with Crippen LogP contribution in [0.4, 0.5) is 8.78 Å². The molecule has 6 heteroatoms. The minimum Gasteiger partial charge on any atom is -0.478 e. The van der Waals surface area contributed by atoms with Crippen LogP contribution in [0.2, 0.25) is 5.02 Å². The molecule has 0 radical (unpaired) electrons. The monoisotopic (exact) mass is 248 g/mol. The first-order valence-corrected chi connectivity index (χ1v) is 4.53. The number of hydrogen-bond acceptors (Lipinski definition) is 2. The predicted octanol–water partition coefficient (Wildman–Crippen LogP) is 3.04. The predicted molar refractivity (Wildman–Crippen MR) is 54.8 cm³/mol. The van der Waals surface area contributed by atoms with E-state index >= 15 is 0 Å². The van der Waals surface area contributed by atoms with E-state index in [1.807, 2.05) is 0 Å². The third-order valence-corrected chi connectivity index (χ3v) is 1.91. The van der Waals surface area contributed by atoms with Gasteiger partial charge in [-0.1, -0.05) is 23.7 Å². The minimum absolute atomic E-state index is 0.00663. The maximum Gasteiger partial charge on any atom is 0.387 e. The fourth-order valence-corrected chi connectivity index (χ4v) is 1.26. The number of para-hydroxylation sites is 1.